The molecule has 0 aliphatic rings. The van der Waals surface area contributed by atoms with Crippen molar-refractivity contribution in [1.82, 2.24) is 4.98 Å². The molecule has 0 radical (unpaired) electrons. The van der Waals surface area contributed by atoms with E-state index < -0.39 is 0 Å². The fourth-order valence-electron chi connectivity index (χ4n) is 0.873. The predicted octanol–water partition coefficient (Wildman–Crippen LogP) is 0.341. The van der Waals surface area contributed by atoms with Crippen molar-refractivity contribution < 1.29 is 14.3 Å². The highest BCUT2D eigenvalue weighted by molar-refractivity contribution is 5.53. The van der Waals surface area contributed by atoms with Gasteiger partial charge in [-0.15, -0.1) is 0 Å². The van der Waals surface area contributed by atoms with Crippen molar-refractivity contribution in [2.24, 2.45) is 0 Å². The zero-order chi connectivity index (χ0) is 8.81. The average molecular weight is 169 g/mol. The zero-order valence-electron chi connectivity index (χ0n) is 6.69. The molecule has 1 aromatic heterocycles. The van der Waals surface area contributed by atoms with Crippen molar-refractivity contribution in [1.29, 1.82) is 0 Å². The fourth-order valence-corrected chi connectivity index (χ4v) is 0.873. The van der Waals surface area contributed by atoms with Crippen LogP contribution in [-0.4, -0.2) is 23.0 Å². The molecule has 0 fully saturated rings. The van der Waals surface area contributed by atoms with Crippen LogP contribution in [0.3, 0.4) is 0 Å². The minimum atomic E-state index is 0.130. The number of oxazole rings is 1. The van der Waals surface area contributed by atoms with Crippen LogP contribution in [0.25, 0.3) is 0 Å². The molecule has 0 spiro atoms. The normalized spacial score (nSPS) is 10.1. The van der Waals surface area contributed by atoms with Gasteiger partial charge in [0.05, 0.1) is 5.69 Å². The fraction of sp³-hybridized carbons (Fsp3) is 0.500. The Labute approximate surface area is 70.2 Å². The van der Waals surface area contributed by atoms with Gasteiger partial charge in [-0.3, -0.25) is 0 Å². The molecule has 4 nitrogen and oxygen atoms in total. The first-order valence-corrected chi connectivity index (χ1v) is 3.84. The molecular weight excluding hydrogens is 158 g/mol. The van der Waals surface area contributed by atoms with E-state index in [-0.39, 0.29) is 6.61 Å². The molecule has 0 aliphatic heterocycles. The second-order valence-electron chi connectivity index (χ2n) is 2.43. The molecule has 0 aliphatic carbocycles. The predicted molar refractivity (Wildman–Crippen MR) is 41.7 cm³/mol. The van der Waals surface area contributed by atoms with Gasteiger partial charge >= 0.3 is 0 Å². The summed E-state index contributed by atoms with van der Waals surface area (Å²) in [7, 11) is 0. The number of aliphatic hydroxyl groups is 1. The molecule has 0 amide bonds. The topological polar surface area (TPSA) is 63.3 Å². The maximum atomic E-state index is 10.1. The largest absolute Gasteiger partial charge is 0.449 e. The summed E-state index contributed by atoms with van der Waals surface area (Å²) < 4.78 is 5.04. The van der Waals surface area contributed by atoms with Gasteiger partial charge in [-0.05, 0) is 6.42 Å². The number of carbonyl (C=O) groups is 1. The molecule has 12 heavy (non-hydrogen) atoms. The second-order valence-corrected chi connectivity index (χ2v) is 2.43. The number of aliphatic hydroxyl groups excluding tert-OH is 1. The Morgan fingerprint density at radius 3 is 3.17 bits per heavy atom. The highest BCUT2D eigenvalue weighted by Crippen LogP contribution is 2.03. The highest BCUT2D eigenvalue weighted by atomic mass is 16.3. The molecule has 1 aromatic rings. The molecule has 1 rings (SSSR count). The summed E-state index contributed by atoms with van der Waals surface area (Å²) in [4.78, 5) is 14.1. The molecule has 1 N–H and O–H groups in total. The Morgan fingerprint density at radius 1 is 1.67 bits per heavy atom. The van der Waals surface area contributed by atoms with Gasteiger partial charge in [-0.2, -0.15) is 0 Å². The van der Waals surface area contributed by atoms with E-state index in [4.69, 9.17) is 9.52 Å². The third-order valence-electron chi connectivity index (χ3n) is 1.44. The number of aryl methyl sites for hydroxylation is 1. The number of aromatic nitrogens is 1. The van der Waals surface area contributed by atoms with Crippen molar-refractivity contribution >= 4 is 6.29 Å². The molecule has 0 saturated heterocycles. The number of carbonyl (C=O) groups excluding carboxylic acids is 1. The van der Waals surface area contributed by atoms with Gasteiger partial charge in [0, 0.05) is 19.4 Å². The van der Waals surface area contributed by atoms with E-state index >= 15 is 0 Å². The molecule has 0 aromatic carbocycles. The molecule has 0 atom stereocenters. The lowest BCUT2D eigenvalue weighted by atomic mass is 10.3. The van der Waals surface area contributed by atoms with Crippen molar-refractivity contribution in [2.45, 2.75) is 19.3 Å². The summed E-state index contributed by atoms with van der Waals surface area (Å²) in [6.07, 6.45) is 3.81. The van der Waals surface area contributed by atoms with Crippen LogP contribution in [0, 0.1) is 0 Å². The Bertz CT molecular complexity index is 244. The second kappa shape index (κ2) is 4.66. The lowest BCUT2D eigenvalue weighted by molar-refractivity contribution is -0.107. The first-order valence-electron chi connectivity index (χ1n) is 3.84. The van der Waals surface area contributed by atoms with Crippen molar-refractivity contribution in [2.75, 3.05) is 6.61 Å². The molecular formula is C8H11NO3. The maximum Gasteiger partial charge on any atom is 0.194 e. The zero-order valence-corrected chi connectivity index (χ0v) is 6.69. The van der Waals surface area contributed by atoms with Gasteiger partial charge < -0.3 is 14.3 Å². The summed E-state index contributed by atoms with van der Waals surface area (Å²) in [6, 6.07) is 0. The van der Waals surface area contributed by atoms with Crippen LogP contribution in [0.5, 0.6) is 0 Å². The lowest BCUT2D eigenvalue weighted by Crippen LogP contribution is -1.91. The van der Waals surface area contributed by atoms with E-state index in [1.807, 2.05) is 0 Å². The van der Waals surface area contributed by atoms with Gasteiger partial charge in [0.25, 0.3) is 0 Å². The Morgan fingerprint density at radius 2 is 2.50 bits per heavy atom. The maximum absolute atomic E-state index is 10.1. The molecule has 0 saturated carbocycles. The van der Waals surface area contributed by atoms with Crippen molar-refractivity contribution in [3.05, 3.63) is 17.8 Å². The number of hydrogen-bond acceptors (Lipinski definition) is 4. The third-order valence-corrected chi connectivity index (χ3v) is 1.44. The van der Waals surface area contributed by atoms with Crippen LogP contribution in [-0.2, 0) is 17.6 Å². The van der Waals surface area contributed by atoms with Gasteiger partial charge in [0.1, 0.15) is 12.5 Å². The van der Waals surface area contributed by atoms with Crippen LogP contribution >= 0.6 is 0 Å². The Balaban J connectivity index is 2.46. The summed E-state index contributed by atoms with van der Waals surface area (Å²) in [5.74, 6) is 0.584. The van der Waals surface area contributed by atoms with Crippen molar-refractivity contribution in [3.8, 4) is 0 Å². The summed E-state index contributed by atoms with van der Waals surface area (Å²) in [5, 5.41) is 8.51. The summed E-state index contributed by atoms with van der Waals surface area (Å²) in [6.45, 7) is 0.130. The first kappa shape index (κ1) is 8.93. The van der Waals surface area contributed by atoms with Gasteiger partial charge in [0.2, 0.25) is 0 Å². The van der Waals surface area contributed by atoms with Gasteiger partial charge in [0.15, 0.2) is 5.89 Å². The SMILES string of the molecule is O=CCc1coc(CCCO)n1. The minimum Gasteiger partial charge on any atom is -0.449 e. The van der Waals surface area contributed by atoms with Crippen LogP contribution in [0.15, 0.2) is 10.7 Å². The first-order chi connectivity index (χ1) is 5.86. The van der Waals surface area contributed by atoms with E-state index in [9.17, 15) is 4.79 Å². The summed E-state index contributed by atoms with van der Waals surface area (Å²) in [5.41, 5.74) is 0.651. The van der Waals surface area contributed by atoms with E-state index in [1.54, 1.807) is 0 Å². The molecule has 4 heteroatoms. The van der Waals surface area contributed by atoms with Crippen LogP contribution in [0.2, 0.25) is 0 Å². The van der Waals surface area contributed by atoms with E-state index in [0.717, 1.165) is 6.29 Å². The van der Waals surface area contributed by atoms with E-state index in [2.05, 4.69) is 4.98 Å². The standard InChI is InChI=1S/C8H11NO3/c10-4-1-2-8-9-7(3-5-11)6-12-8/h5-6,10H,1-4H2. The van der Waals surface area contributed by atoms with Crippen LogP contribution in [0.4, 0.5) is 0 Å². The Hall–Kier alpha value is -1.16. The molecule has 1 heterocycles. The monoisotopic (exact) mass is 169 g/mol. The van der Waals surface area contributed by atoms with Crippen molar-refractivity contribution in [3.63, 3.8) is 0 Å². The number of nitrogens with zero attached hydrogens (tertiary/aromatic N) is 1. The number of rotatable bonds is 5. The van der Waals surface area contributed by atoms with Crippen LogP contribution in [0.1, 0.15) is 18.0 Å². The molecule has 66 valence electrons. The van der Waals surface area contributed by atoms with Gasteiger partial charge in [-0.25, -0.2) is 4.98 Å². The number of aldehydes is 1. The van der Waals surface area contributed by atoms with Crippen LogP contribution < -0.4 is 0 Å². The van der Waals surface area contributed by atoms with E-state index in [1.165, 1.54) is 6.26 Å². The average Bonchev–Trinajstić information content (AvgIpc) is 2.50. The minimum absolute atomic E-state index is 0.130. The lowest BCUT2D eigenvalue weighted by Gasteiger charge is -1.89. The van der Waals surface area contributed by atoms with Gasteiger partial charge in [-0.1, -0.05) is 0 Å². The third kappa shape index (κ3) is 2.47. The number of hydrogen-bond donors (Lipinski definition) is 1. The Kier molecular flexibility index (Phi) is 3.47. The molecule has 0 unspecified atom stereocenters. The summed E-state index contributed by atoms with van der Waals surface area (Å²) >= 11 is 0. The van der Waals surface area contributed by atoms with E-state index in [0.29, 0.717) is 30.8 Å². The highest BCUT2D eigenvalue weighted by Gasteiger charge is 2.01. The quantitative estimate of drug-likeness (QED) is 0.645. The molecule has 0 bridgehead atoms. The smallest absolute Gasteiger partial charge is 0.194 e.